The van der Waals surface area contributed by atoms with Gasteiger partial charge < -0.3 is 10.1 Å². The van der Waals surface area contributed by atoms with Crippen LogP contribution in [0.25, 0.3) is 0 Å². The Morgan fingerprint density at radius 2 is 2.04 bits per heavy atom. The number of Topliss-reactive ketones (excluding diaryl/α,β-unsaturated/α-hetero) is 1. The van der Waals surface area contributed by atoms with Crippen molar-refractivity contribution in [3.8, 4) is 5.75 Å². The third-order valence-corrected chi connectivity index (χ3v) is 4.92. The monoisotopic (exact) mass is 359 g/mol. The highest BCUT2D eigenvalue weighted by Gasteiger charge is 2.22. The number of nitrogens with one attached hydrogen (secondary N) is 2. The number of carbonyl (C=O) groups is 2. The molecule has 0 spiro atoms. The minimum absolute atomic E-state index is 0.117. The summed E-state index contributed by atoms with van der Waals surface area (Å²) in [5.41, 5.74) is 1.46. The molecule has 6 nitrogen and oxygen atoms in total. The van der Waals surface area contributed by atoms with E-state index in [0.29, 0.717) is 28.7 Å². The van der Waals surface area contributed by atoms with Crippen molar-refractivity contribution in [1.82, 2.24) is 4.98 Å². The standard InChI is InChI=1S/C18H21N3O3S/c1-2-3-11-24-13-9-7-12(8-10-13)19-17(23)21-18-20-14-5-4-6-15(22)16(14)25-18/h7-10H,2-6,11H2,1H3,(H2,19,20,21,23). The number of anilines is 2. The molecule has 2 amide bonds. The number of fused-ring (bicyclic) bond motifs is 1. The zero-order valence-electron chi connectivity index (χ0n) is 14.1. The molecule has 2 aromatic rings. The topological polar surface area (TPSA) is 80.3 Å². The largest absolute Gasteiger partial charge is 0.494 e. The number of ether oxygens (including phenoxy) is 1. The molecule has 132 valence electrons. The fraction of sp³-hybridized carbons (Fsp3) is 0.389. The van der Waals surface area contributed by atoms with Crippen LogP contribution in [0.4, 0.5) is 15.6 Å². The van der Waals surface area contributed by atoms with E-state index in [1.807, 2.05) is 12.1 Å². The van der Waals surface area contributed by atoms with Crippen LogP contribution in [-0.4, -0.2) is 23.4 Å². The Balaban J connectivity index is 1.55. The lowest BCUT2D eigenvalue weighted by molar-refractivity contribution is 0.0976. The second-order valence-electron chi connectivity index (χ2n) is 5.88. The molecule has 25 heavy (non-hydrogen) atoms. The summed E-state index contributed by atoms with van der Waals surface area (Å²) in [5, 5.41) is 5.91. The van der Waals surface area contributed by atoms with E-state index in [1.54, 1.807) is 12.1 Å². The maximum atomic E-state index is 12.1. The van der Waals surface area contributed by atoms with Crippen molar-refractivity contribution in [1.29, 1.82) is 0 Å². The second-order valence-corrected chi connectivity index (χ2v) is 6.88. The van der Waals surface area contributed by atoms with Crippen LogP contribution in [0, 0.1) is 0 Å². The quantitative estimate of drug-likeness (QED) is 0.745. The number of thiazole rings is 1. The third-order valence-electron chi connectivity index (χ3n) is 3.87. The average Bonchev–Trinajstić information content (AvgIpc) is 3.00. The Labute approximate surface area is 150 Å². The summed E-state index contributed by atoms with van der Waals surface area (Å²) in [6.45, 7) is 2.81. The van der Waals surface area contributed by atoms with Crippen molar-refractivity contribution < 1.29 is 14.3 Å². The summed E-state index contributed by atoms with van der Waals surface area (Å²) in [6.07, 6.45) is 4.29. The Hall–Kier alpha value is -2.41. The molecule has 0 saturated carbocycles. The Morgan fingerprint density at radius 3 is 2.76 bits per heavy atom. The van der Waals surface area contributed by atoms with Crippen LogP contribution in [0.3, 0.4) is 0 Å². The lowest BCUT2D eigenvalue weighted by Gasteiger charge is -2.08. The smallest absolute Gasteiger partial charge is 0.325 e. The normalized spacial score (nSPS) is 13.2. The van der Waals surface area contributed by atoms with Crippen LogP contribution in [0.2, 0.25) is 0 Å². The molecule has 0 unspecified atom stereocenters. The summed E-state index contributed by atoms with van der Waals surface area (Å²) in [4.78, 5) is 29.0. The van der Waals surface area contributed by atoms with E-state index in [4.69, 9.17) is 4.74 Å². The highest BCUT2D eigenvalue weighted by molar-refractivity contribution is 7.17. The van der Waals surface area contributed by atoms with Gasteiger partial charge in [0, 0.05) is 12.1 Å². The first kappa shape index (κ1) is 17.4. The number of ketones is 1. The van der Waals surface area contributed by atoms with E-state index in [1.165, 1.54) is 11.3 Å². The fourth-order valence-corrected chi connectivity index (χ4v) is 3.53. The van der Waals surface area contributed by atoms with Gasteiger partial charge in [-0.2, -0.15) is 0 Å². The van der Waals surface area contributed by atoms with Crippen LogP contribution in [0.5, 0.6) is 5.75 Å². The minimum Gasteiger partial charge on any atom is -0.494 e. The first-order valence-corrected chi connectivity index (χ1v) is 9.31. The Bertz CT molecular complexity index is 755. The number of aryl methyl sites for hydroxylation is 1. The summed E-state index contributed by atoms with van der Waals surface area (Å²) >= 11 is 1.24. The van der Waals surface area contributed by atoms with Gasteiger partial charge in [0.05, 0.1) is 17.2 Å². The molecule has 3 rings (SSSR count). The number of urea groups is 1. The molecule has 1 aliphatic rings. The predicted molar refractivity (Wildman–Crippen MR) is 98.9 cm³/mol. The third kappa shape index (κ3) is 4.57. The summed E-state index contributed by atoms with van der Waals surface area (Å²) in [5.74, 6) is 0.899. The summed E-state index contributed by atoms with van der Waals surface area (Å²) in [7, 11) is 0. The van der Waals surface area contributed by atoms with Crippen molar-refractivity contribution in [3.63, 3.8) is 0 Å². The molecule has 7 heteroatoms. The highest BCUT2D eigenvalue weighted by Crippen LogP contribution is 2.29. The number of aromatic nitrogens is 1. The molecular formula is C18H21N3O3S. The first-order valence-electron chi connectivity index (χ1n) is 8.49. The average molecular weight is 359 g/mol. The molecule has 0 atom stereocenters. The number of hydrogen-bond donors (Lipinski definition) is 2. The van der Waals surface area contributed by atoms with Crippen molar-refractivity contribution in [3.05, 3.63) is 34.8 Å². The minimum atomic E-state index is -0.377. The van der Waals surface area contributed by atoms with Crippen LogP contribution in [0.15, 0.2) is 24.3 Å². The van der Waals surface area contributed by atoms with E-state index in [-0.39, 0.29) is 11.8 Å². The van der Waals surface area contributed by atoms with E-state index in [2.05, 4.69) is 22.5 Å². The maximum Gasteiger partial charge on any atom is 0.325 e. The SMILES string of the molecule is CCCCOc1ccc(NC(=O)Nc2nc3c(s2)C(=O)CCC3)cc1. The van der Waals surface area contributed by atoms with Gasteiger partial charge in [-0.05, 0) is 43.5 Å². The zero-order valence-corrected chi connectivity index (χ0v) is 14.9. The van der Waals surface area contributed by atoms with Crippen molar-refractivity contribution in [2.45, 2.75) is 39.0 Å². The maximum absolute atomic E-state index is 12.1. The molecule has 0 bridgehead atoms. The summed E-state index contributed by atoms with van der Waals surface area (Å²) < 4.78 is 5.59. The molecule has 2 N–H and O–H groups in total. The number of benzene rings is 1. The fourth-order valence-electron chi connectivity index (χ4n) is 2.55. The molecule has 0 radical (unpaired) electrons. The van der Waals surface area contributed by atoms with Gasteiger partial charge in [0.15, 0.2) is 10.9 Å². The molecule has 0 aliphatic heterocycles. The van der Waals surface area contributed by atoms with Gasteiger partial charge >= 0.3 is 6.03 Å². The summed E-state index contributed by atoms with van der Waals surface area (Å²) in [6, 6.07) is 6.85. The predicted octanol–water partition coefficient (Wildman–Crippen LogP) is 4.49. The first-order chi connectivity index (χ1) is 12.2. The second kappa shape index (κ2) is 8.11. The van der Waals surface area contributed by atoms with Crippen molar-refractivity contribution >= 4 is 34.0 Å². The highest BCUT2D eigenvalue weighted by atomic mass is 32.1. The number of rotatable bonds is 6. The molecular weight excluding hydrogens is 338 g/mol. The van der Waals surface area contributed by atoms with Crippen LogP contribution >= 0.6 is 11.3 Å². The van der Waals surface area contributed by atoms with E-state index in [9.17, 15) is 9.59 Å². The van der Waals surface area contributed by atoms with Gasteiger partial charge in [0.2, 0.25) is 0 Å². The molecule has 0 fully saturated rings. The Kier molecular flexibility index (Phi) is 5.65. The van der Waals surface area contributed by atoms with Crippen LogP contribution < -0.4 is 15.4 Å². The van der Waals surface area contributed by atoms with Gasteiger partial charge in [-0.1, -0.05) is 24.7 Å². The lowest BCUT2D eigenvalue weighted by Crippen LogP contribution is -2.19. The number of hydrogen-bond acceptors (Lipinski definition) is 5. The van der Waals surface area contributed by atoms with Gasteiger partial charge in [-0.3, -0.25) is 10.1 Å². The van der Waals surface area contributed by atoms with Gasteiger partial charge in [-0.15, -0.1) is 0 Å². The number of amides is 2. The number of unbranched alkanes of at least 4 members (excludes halogenated alkanes) is 1. The van der Waals surface area contributed by atoms with Crippen LogP contribution in [0.1, 0.15) is 48.0 Å². The van der Waals surface area contributed by atoms with Crippen LogP contribution in [-0.2, 0) is 6.42 Å². The zero-order chi connectivity index (χ0) is 17.6. The van der Waals surface area contributed by atoms with E-state index in [0.717, 1.165) is 37.1 Å². The van der Waals surface area contributed by atoms with E-state index >= 15 is 0 Å². The molecule has 1 aromatic heterocycles. The van der Waals surface area contributed by atoms with Crippen molar-refractivity contribution in [2.75, 3.05) is 17.2 Å². The molecule has 1 aliphatic carbocycles. The lowest BCUT2D eigenvalue weighted by atomic mass is 10.0. The molecule has 0 saturated heterocycles. The number of nitrogens with zero attached hydrogens (tertiary/aromatic N) is 1. The molecule has 1 heterocycles. The van der Waals surface area contributed by atoms with E-state index < -0.39 is 0 Å². The van der Waals surface area contributed by atoms with Gasteiger partial charge in [0.1, 0.15) is 5.75 Å². The Morgan fingerprint density at radius 1 is 1.24 bits per heavy atom. The van der Waals surface area contributed by atoms with Gasteiger partial charge in [-0.25, -0.2) is 9.78 Å². The van der Waals surface area contributed by atoms with Crippen molar-refractivity contribution in [2.24, 2.45) is 0 Å². The van der Waals surface area contributed by atoms with Gasteiger partial charge in [0.25, 0.3) is 0 Å². The number of carbonyl (C=O) groups excluding carboxylic acids is 2. The molecule has 1 aromatic carbocycles.